The lowest BCUT2D eigenvalue weighted by Gasteiger charge is -2.09. The lowest BCUT2D eigenvalue weighted by atomic mass is 10.3. The number of halogens is 1. The maximum Gasteiger partial charge on any atom is 0.261 e. The minimum absolute atomic E-state index is 0.0519. The van der Waals surface area contributed by atoms with E-state index in [1.54, 1.807) is 0 Å². The molecule has 0 radical (unpaired) electrons. The normalized spacial score (nSPS) is 11.2. The van der Waals surface area contributed by atoms with Gasteiger partial charge in [-0.05, 0) is 30.3 Å². The summed E-state index contributed by atoms with van der Waals surface area (Å²) < 4.78 is 26.4. The third kappa shape index (κ3) is 3.10. The van der Waals surface area contributed by atoms with Gasteiger partial charge < -0.3 is 10.2 Å². The van der Waals surface area contributed by atoms with Crippen molar-refractivity contribution in [1.82, 2.24) is 0 Å². The second-order valence-electron chi connectivity index (χ2n) is 3.77. The zero-order valence-corrected chi connectivity index (χ0v) is 11.1. The zero-order valence-electron chi connectivity index (χ0n) is 9.54. The van der Waals surface area contributed by atoms with Crippen LogP contribution < -0.4 is 4.72 Å². The molecule has 7 heteroatoms. The Morgan fingerprint density at radius 3 is 2.42 bits per heavy atom. The van der Waals surface area contributed by atoms with Gasteiger partial charge in [-0.25, -0.2) is 8.42 Å². The van der Waals surface area contributed by atoms with Gasteiger partial charge in [-0.2, -0.15) is 0 Å². The molecule has 2 aromatic carbocycles. The van der Waals surface area contributed by atoms with Gasteiger partial charge in [0.05, 0.1) is 15.6 Å². The smallest absolute Gasteiger partial charge is 0.261 e. The van der Waals surface area contributed by atoms with Crippen molar-refractivity contribution in [2.24, 2.45) is 0 Å². The van der Waals surface area contributed by atoms with Crippen LogP contribution in [0.5, 0.6) is 11.5 Å². The molecule has 5 nitrogen and oxygen atoms in total. The summed E-state index contributed by atoms with van der Waals surface area (Å²) in [5, 5.41) is 18.5. The SMILES string of the molecule is O=S(=O)(Nc1cccc(O)c1)c1ccc(O)c(Cl)c1. The summed E-state index contributed by atoms with van der Waals surface area (Å²) in [6.45, 7) is 0. The number of phenols is 2. The number of rotatable bonds is 3. The third-order valence-corrected chi connectivity index (χ3v) is 4.01. The Labute approximate surface area is 115 Å². The predicted octanol–water partition coefficient (Wildman–Crippen LogP) is 2.55. The lowest BCUT2D eigenvalue weighted by Crippen LogP contribution is -2.12. The molecular formula is C12H10ClNO4S. The van der Waals surface area contributed by atoms with E-state index in [1.807, 2.05) is 0 Å². The fourth-order valence-electron chi connectivity index (χ4n) is 1.44. The number of benzene rings is 2. The summed E-state index contributed by atoms with van der Waals surface area (Å²) in [5.41, 5.74) is 0.226. The van der Waals surface area contributed by atoms with Gasteiger partial charge in [-0.3, -0.25) is 4.72 Å². The highest BCUT2D eigenvalue weighted by Crippen LogP contribution is 2.27. The zero-order chi connectivity index (χ0) is 14.0. The van der Waals surface area contributed by atoms with Crippen LogP contribution in [-0.2, 0) is 10.0 Å². The molecule has 0 saturated heterocycles. The number of anilines is 1. The van der Waals surface area contributed by atoms with Crippen molar-refractivity contribution in [3.63, 3.8) is 0 Å². The Morgan fingerprint density at radius 1 is 1.05 bits per heavy atom. The molecule has 0 bridgehead atoms. The highest BCUT2D eigenvalue weighted by molar-refractivity contribution is 7.92. The minimum atomic E-state index is -3.83. The standard InChI is InChI=1S/C12H10ClNO4S/c13-11-7-10(4-5-12(11)16)19(17,18)14-8-2-1-3-9(15)6-8/h1-7,14-16H. The molecule has 2 rings (SSSR count). The molecule has 0 saturated carbocycles. The molecule has 0 aliphatic carbocycles. The molecule has 0 heterocycles. The second kappa shape index (κ2) is 4.99. The van der Waals surface area contributed by atoms with E-state index in [2.05, 4.69) is 4.72 Å². The predicted molar refractivity (Wildman–Crippen MR) is 72.0 cm³/mol. The minimum Gasteiger partial charge on any atom is -0.508 e. The Hall–Kier alpha value is -1.92. The van der Waals surface area contributed by atoms with E-state index in [1.165, 1.54) is 36.4 Å². The van der Waals surface area contributed by atoms with Crippen molar-refractivity contribution in [1.29, 1.82) is 0 Å². The Bertz CT molecular complexity index is 715. The number of aromatic hydroxyl groups is 2. The van der Waals surface area contributed by atoms with E-state index < -0.39 is 10.0 Å². The van der Waals surface area contributed by atoms with Crippen LogP contribution in [0.15, 0.2) is 47.4 Å². The second-order valence-corrected chi connectivity index (χ2v) is 5.86. The van der Waals surface area contributed by atoms with Crippen LogP contribution in [0.3, 0.4) is 0 Å². The first kappa shape index (κ1) is 13.5. The summed E-state index contributed by atoms with van der Waals surface area (Å²) in [4.78, 5) is -0.0846. The maximum absolute atomic E-state index is 12.0. The Balaban J connectivity index is 2.35. The fourth-order valence-corrected chi connectivity index (χ4v) is 2.76. The van der Waals surface area contributed by atoms with Crippen LogP contribution >= 0.6 is 11.6 Å². The van der Waals surface area contributed by atoms with E-state index in [0.717, 1.165) is 6.07 Å². The number of hydrogen-bond donors (Lipinski definition) is 3. The van der Waals surface area contributed by atoms with Crippen LogP contribution in [-0.4, -0.2) is 18.6 Å². The summed E-state index contributed by atoms with van der Waals surface area (Å²) in [5.74, 6) is -0.248. The number of sulfonamides is 1. The van der Waals surface area contributed by atoms with E-state index >= 15 is 0 Å². The van der Waals surface area contributed by atoms with Gasteiger partial charge in [0.25, 0.3) is 10.0 Å². The topological polar surface area (TPSA) is 86.6 Å². The van der Waals surface area contributed by atoms with E-state index in [-0.39, 0.29) is 27.1 Å². The van der Waals surface area contributed by atoms with Gasteiger partial charge in [0, 0.05) is 6.07 Å². The molecule has 0 spiro atoms. The van der Waals surface area contributed by atoms with Gasteiger partial charge in [-0.1, -0.05) is 17.7 Å². The van der Waals surface area contributed by atoms with Crippen LogP contribution in [0.1, 0.15) is 0 Å². The third-order valence-electron chi connectivity index (χ3n) is 2.33. The number of hydrogen-bond acceptors (Lipinski definition) is 4. The number of nitrogens with one attached hydrogen (secondary N) is 1. The number of phenolic OH excluding ortho intramolecular Hbond substituents is 2. The van der Waals surface area contributed by atoms with Gasteiger partial charge in [-0.15, -0.1) is 0 Å². The molecule has 19 heavy (non-hydrogen) atoms. The van der Waals surface area contributed by atoms with Gasteiger partial charge >= 0.3 is 0 Å². The largest absolute Gasteiger partial charge is 0.508 e. The Morgan fingerprint density at radius 2 is 1.79 bits per heavy atom. The highest BCUT2D eigenvalue weighted by atomic mass is 35.5. The van der Waals surface area contributed by atoms with Gasteiger partial charge in [0.15, 0.2) is 0 Å². The molecule has 0 fully saturated rings. The summed E-state index contributed by atoms with van der Waals surface area (Å²) in [7, 11) is -3.83. The summed E-state index contributed by atoms with van der Waals surface area (Å²) >= 11 is 5.67. The highest BCUT2D eigenvalue weighted by Gasteiger charge is 2.15. The average molecular weight is 300 g/mol. The first-order valence-corrected chi connectivity index (χ1v) is 7.05. The maximum atomic E-state index is 12.0. The average Bonchev–Trinajstić information content (AvgIpc) is 2.32. The molecule has 100 valence electrons. The fraction of sp³-hybridized carbons (Fsp3) is 0. The van der Waals surface area contributed by atoms with Crippen LogP contribution in [0.4, 0.5) is 5.69 Å². The molecule has 0 atom stereocenters. The molecule has 3 N–H and O–H groups in total. The molecule has 0 aliphatic heterocycles. The van der Waals surface area contributed by atoms with Crippen LogP contribution in [0.2, 0.25) is 5.02 Å². The quantitative estimate of drug-likeness (QED) is 0.813. The first-order chi connectivity index (χ1) is 8.88. The summed E-state index contributed by atoms with van der Waals surface area (Å²) in [6, 6.07) is 9.28. The molecule has 2 aromatic rings. The van der Waals surface area contributed by atoms with E-state index in [0.29, 0.717) is 0 Å². The molecule has 0 aromatic heterocycles. The van der Waals surface area contributed by atoms with E-state index in [9.17, 15) is 18.6 Å². The van der Waals surface area contributed by atoms with Gasteiger partial charge in [0.2, 0.25) is 0 Å². The lowest BCUT2D eigenvalue weighted by molar-refractivity contribution is 0.475. The van der Waals surface area contributed by atoms with Gasteiger partial charge in [0.1, 0.15) is 11.5 Å². The van der Waals surface area contributed by atoms with Crippen LogP contribution in [0, 0.1) is 0 Å². The molecule has 0 unspecified atom stereocenters. The van der Waals surface area contributed by atoms with Crippen molar-refractivity contribution >= 4 is 27.3 Å². The van der Waals surface area contributed by atoms with Crippen molar-refractivity contribution < 1.29 is 18.6 Å². The molecule has 0 amide bonds. The monoisotopic (exact) mass is 299 g/mol. The van der Waals surface area contributed by atoms with E-state index in [4.69, 9.17) is 11.6 Å². The Kier molecular flexibility index (Phi) is 3.55. The summed E-state index contributed by atoms with van der Waals surface area (Å²) in [6.07, 6.45) is 0. The van der Waals surface area contributed by atoms with Crippen molar-refractivity contribution in [2.75, 3.05) is 4.72 Å². The van der Waals surface area contributed by atoms with Crippen molar-refractivity contribution in [3.8, 4) is 11.5 Å². The van der Waals surface area contributed by atoms with Crippen molar-refractivity contribution in [2.45, 2.75) is 4.90 Å². The molecular weight excluding hydrogens is 290 g/mol. The molecule has 0 aliphatic rings. The van der Waals surface area contributed by atoms with Crippen LogP contribution in [0.25, 0.3) is 0 Å². The first-order valence-electron chi connectivity index (χ1n) is 5.19. The van der Waals surface area contributed by atoms with Crippen molar-refractivity contribution in [3.05, 3.63) is 47.5 Å².